The van der Waals surface area contributed by atoms with Crippen LogP contribution in [-0.4, -0.2) is 29.0 Å². The van der Waals surface area contributed by atoms with E-state index in [1.54, 1.807) is 18.2 Å². The normalized spacial score (nSPS) is 16.7. The van der Waals surface area contributed by atoms with Gasteiger partial charge in [0.15, 0.2) is 0 Å². The van der Waals surface area contributed by atoms with Crippen LogP contribution in [0.4, 0.5) is 10.5 Å². The monoisotopic (exact) mass is 329 g/mol. The number of amides is 2. The van der Waals surface area contributed by atoms with Crippen LogP contribution in [-0.2, 0) is 4.79 Å². The highest BCUT2D eigenvalue weighted by Gasteiger charge is 2.27. The van der Waals surface area contributed by atoms with Gasteiger partial charge in [0, 0.05) is 16.1 Å². The molecule has 6 nitrogen and oxygen atoms in total. The molecule has 0 bridgehead atoms. The molecule has 0 saturated carbocycles. The van der Waals surface area contributed by atoms with E-state index in [0.29, 0.717) is 22.0 Å². The van der Waals surface area contributed by atoms with Gasteiger partial charge in [0.2, 0.25) is 6.17 Å². The predicted molar refractivity (Wildman–Crippen MR) is 87.1 cm³/mol. The maximum atomic E-state index is 12.2. The molecule has 0 fully saturated rings. The van der Waals surface area contributed by atoms with E-state index in [-0.39, 0.29) is 0 Å². The number of rotatable bonds is 2. The van der Waals surface area contributed by atoms with E-state index < -0.39 is 18.2 Å². The third kappa shape index (κ3) is 3.17. The Morgan fingerprint density at radius 2 is 1.96 bits per heavy atom. The Labute approximate surface area is 136 Å². The van der Waals surface area contributed by atoms with Crippen molar-refractivity contribution < 1.29 is 14.7 Å². The number of nitrogens with one attached hydrogen (secondary N) is 2. The van der Waals surface area contributed by atoms with E-state index in [4.69, 9.17) is 16.7 Å². The van der Waals surface area contributed by atoms with E-state index >= 15 is 0 Å². The van der Waals surface area contributed by atoms with Gasteiger partial charge in [0.25, 0.3) is 5.91 Å². The Morgan fingerprint density at radius 1 is 1.22 bits per heavy atom. The molecule has 3 rings (SSSR count). The molecule has 0 spiro atoms. The van der Waals surface area contributed by atoms with Crippen molar-refractivity contribution in [2.45, 2.75) is 6.17 Å². The van der Waals surface area contributed by atoms with Crippen LogP contribution in [0.3, 0.4) is 0 Å². The Kier molecular flexibility index (Phi) is 3.99. The lowest BCUT2D eigenvalue weighted by molar-refractivity contribution is -0.117. The molecule has 116 valence electrons. The maximum absolute atomic E-state index is 12.2. The minimum Gasteiger partial charge on any atom is -0.465 e. The molecule has 3 N–H and O–H groups in total. The van der Waals surface area contributed by atoms with Crippen molar-refractivity contribution in [1.29, 1.82) is 0 Å². The Hall–Kier alpha value is -2.86. The number of carbonyl (C=O) groups is 2. The van der Waals surface area contributed by atoms with Gasteiger partial charge < -0.3 is 10.4 Å². The number of hydrogen-bond acceptors (Lipinski definition) is 3. The zero-order valence-corrected chi connectivity index (χ0v) is 12.5. The number of anilines is 1. The lowest BCUT2D eigenvalue weighted by Crippen LogP contribution is -2.41. The average molecular weight is 330 g/mol. The zero-order chi connectivity index (χ0) is 16.4. The molecule has 0 aromatic heterocycles. The van der Waals surface area contributed by atoms with Crippen LogP contribution in [0.15, 0.2) is 53.5 Å². The number of carbonyl (C=O) groups excluding carboxylic acids is 1. The van der Waals surface area contributed by atoms with E-state index in [1.165, 1.54) is 0 Å². The molecule has 1 aliphatic heterocycles. The number of benzene rings is 2. The van der Waals surface area contributed by atoms with E-state index in [9.17, 15) is 9.59 Å². The Balaban J connectivity index is 2.17. The zero-order valence-electron chi connectivity index (χ0n) is 11.8. The first-order valence-electron chi connectivity index (χ1n) is 6.78. The van der Waals surface area contributed by atoms with Crippen LogP contribution in [0.1, 0.15) is 11.1 Å². The fourth-order valence-corrected chi connectivity index (χ4v) is 2.50. The van der Waals surface area contributed by atoms with Gasteiger partial charge in [0.05, 0.1) is 11.4 Å². The highest BCUT2D eigenvalue weighted by atomic mass is 35.5. The van der Waals surface area contributed by atoms with Gasteiger partial charge >= 0.3 is 6.09 Å². The quantitative estimate of drug-likeness (QED) is 0.791. The standard InChI is InChI=1S/C16H12ClN3O3/c17-10-6-7-11-12(8-10)18-15(21)14(20-16(22)23)19-13(11)9-4-2-1-3-5-9/h1-8,14,20H,(H,18,21)(H,22,23). The van der Waals surface area contributed by atoms with Crippen molar-refractivity contribution in [3.05, 3.63) is 64.7 Å². The summed E-state index contributed by atoms with van der Waals surface area (Å²) in [6.07, 6.45) is -2.57. The molecular formula is C16H12ClN3O3. The molecule has 1 atom stereocenters. The molecule has 0 radical (unpaired) electrons. The SMILES string of the molecule is O=C(O)NC1N=C(c2ccccc2)c2ccc(Cl)cc2NC1=O. The number of hydrogen-bond donors (Lipinski definition) is 3. The summed E-state index contributed by atoms with van der Waals surface area (Å²) in [4.78, 5) is 27.4. The van der Waals surface area contributed by atoms with Gasteiger partial charge in [-0.1, -0.05) is 41.9 Å². The molecule has 1 heterocycles. The molecule has 2 aromatic carbocycles. The number of benzodiazepines with no additional fused rings is 1. The molecule has 0 aliphatic carbocycles. The summed E-state index contributed by atoms with van der Waals surface area (Å²) >= 11 is 5.99. The molecule has 7 heteroatoms. The topological polar surface area (TPSA) is 90.8 Å². The second kappa shape index (κ2) is 6.10. The molecular weight excluding hydrogens is 318 g/mol. The van der Waals surface area contributed by atoms with E-state index in [0.717, 1.165) is 5.56 Å². The summed E-state index contributed by atoms with van der Waals surface area (Å²) in [5.41, 5.74) is 2.43. The predicted octanol–water partition coefficient (Wildman–Crippen LogP) is 2.72. The van der Waals surface area contributed by atoms with Crippen molar-refractivity contribution in [1.82, 2.24) is 5.32 Å². The van der Waals surface area contributed by atoms with Crippen LogP contribution >= 0.6 is 11.6 Å². The highest BCUT2D eigenvalue weighted by molar-refractivity contribution is 6.31. The summed E-state index contributed by atoms with van der Waals surface area (Å²) in [6.45, 7) is 0. The largest absolute Gasteiger partial charge is 0.465 e. The van der Waals surface area contributed by atoms with E-state index in [2.05, 4.69) is 15.6 Å². The van der Waals surface area contributed by atoms with Crippen molar-refractivity contribution >= 4 is 35.0 Å². The molecule has 2 aromatic rings. The number of halogens is 1. The van der Waals surface area contributed by atoms with Gasteiger partial charge in [-0.15, -0.1) is 0 Å². The van der Waals surface area contributed by atoms with Crippen molar-refractivity contribution in [3.8, 4) is 0 Å². The first-order valence-corrected chi connectivity index (χ1v) is 7.16. The van der Waals surface area contributed by atoms with Crippen molar-refractivity contribution in [2.75, 3.05) is 5.32 Å². The summed E-state index contributed by atoms with van der Waals surface area (Å²) in [5.74, 6) is -0.568. The van der Waals surface area contributed by atoms with Gasteiger partial charge in [-0.25, -0.2) is 9.79 Å². The fraction of sp³-hybridized carbons (Fsp3) is 0.0625. The number of nitrogens with zero attached hydrogens (tertiary/aromatic N) is 1. The van der Waals surface area contributed by atoms with Crippen LogP contribution < -0.4 is 10.6 Å². The second-order valence-electron chi connectivity index (χ2n) is 4.87. The molecule has 23 heavy (non-hydrogen) atoms. The molecule has 2 amide bonds. The van der Waals surface area contributed by atoms with Crippen molar-refractivity contribution in [3.63, 3.8) is 0 Å². The van der Waals surface area contributed by atoms with Crippen LogP contribution in [0, 0.1) is 0 Å². The third-order valence-electron chi connectivity index (χ3n) is 3.31. The lowest BCUT2D eigenvalue weighted by Gasteiger charge is -2.10. The summed E-state index contributed by atoms with van der Waals surface area (Å²) in [7, 11) is 0. The minimum atomic E-state index is -1.33. The third-order valence-corrected chi connectivity index (χ3v) is 3.54. The number of aliphatic imine (C=N–C) groups is 1. The lowest BCUT2D eigenvalue weighted by atomic mass is 10.0. The van der Waals surface area contributed by atoms with Gasteiger partial charge in [-0.3, -0.25) is 10.1 Å². The van der Waals surface area contributed by atoms with Crippen LogP contribution in [0.2, 0.25) is 5.02 Å². The summed E-state index contributed by atoms with van der Waals surface area (Å²) in [6, 6.07) is 14.3. The fourth-order valence-electron chi connectivity index (χ4n) is 2.33. The molecule has 1 aliphatic rings. The Bertz CT molecular complexity index is 805. The maximum Gasteiger partial charge on any atom is 0.406 e. The smallest absolute Gasteiger partial charge is 0.406 e. The van der Waals surface area contributed by atoms with Gasteiger partial charge in [-0.05, 0) is 18.2 Å². The van der Waals surface area contributed by atoms with E-state index in [1.807, 2.05) is 30.3 Å². The van der Waals surface area contributed by atoms with Crippen LogP contribution in [0.25, 0.3) is 0 Å². The van der Waals surface area contributed by atoms with Gasteiger partial charge in [0.1, 0.15) is 0 Å². The first-order chi connectivity index (χ1) is 11.0. The average Bonchev–Trinajstić information content (AvgIpc) is 2.64. The van der Waals surface area contributed by atoms with Gasteiger partial charge in [-0.2, -0.15) is 0 Å². The second-order valence-corrected chi connectivity index (χ2v) is 5.31. The number of fused-ring (bicyclic) bond motifs is 1. The minimum absolute atomic E-state index is 0.459. The summed E-state index contributed by atoms with van der Waals surface area (Å²) < 4.78 is 0. The first kappa shape index (κ1) is 15.1. The molecule has 1 unspecified atom stereocenters. The highest BCUT2D eigenvalue weighted by Crippen LogP contribution is 2.27. The van der Waals surface area contributed by atoms with Crippen molar-refractivity contribution in [2.24, 2.45) is 4.99 Å². The van der Waals surface area contributed by atoms with Crippen LogP contribution in [0.5, 0.6) is 0 Å². The summed E-state index contributed by atoms with van der Waals surface area (Å²) in [5, 5.41) is 14.1. The Morgan fingerprint density at radius 3 is 2.65 bits per heavy atom. The number of carboxylic acid groups (broad SMARTS) is 1. The molecule has 0 saturated heterocycles.